The zero-order valence-electron chi connectivity index (χ0n) is 15.4. The standard InChI is InChI=1S/C18H27N5O2S/c1-3-19-18(20-11-5-15-26(2,24)25)21-13-10-16-6-8-17(9-7-16)23-14-4-12-22-23/h4,6-9,12,14H,3,5,10-11,13,15H2,1-2H3,(H2,19,20,21). The van der Waals surface area contributed by atoms with Gasteiger partial charge in [0.1, 0.15) is 9.84 Å². The first-order valence-electron chi connectivity index (χ1n) is 8.77. The summed E-state index contributed by atoms with van der Waals surface area (Å²) in [6.45, 7) is 4.00. The number of aromatic nitrogens is 2. The van der Waals surface area contributed by atoms with Crippen molar-refractivity contribution in [2.45, 2.75) is 19.8 Å². The molecule has 0 fully saturated rings. The molecule has 7 nitrogen and oxygen atoms in total. The summed E-state index contributed by atoms with van der Waals surface area (Å²) in [6.07, 6.45) is 6.32. The highest BCUT2D eigenvalue weighted by molar-refractivity contribution is 7.90. The monoisotopic (exact) mass is 377 g/mol. The zero-order valence-corrected chi connectivity index (χ0v) is 16.2. The molecule has 0 spiro atoms. The summed E-state index contributed by atoms with van der Waals surface area (Å²) in [4.78, 5) is 4.41. The van der Waals surface area contributed by atoms with Crippen LogP contribution in [0.15, 0.2) is 47.7 Å². The fourth-order valence-electron chi connectivity index (χ4n) is 2.42. The van der Waals surface area contributed by atoms with Gasteiger partial charge in [-0.3, -0.25) is 4.99 Å². The highest BCUT2D eigenvalue weighted by atomic mass is 32.2. The van der Waals surface area contributed by atoms with E-state index < -0.39 is 9.84 Å². The number of rotatable bonds is 9. The Morgan fingerprint density at radius 2 is 2.00 bits per heavy atom. The summed E-state index contributed by atoms with van der Waals surface area (Å²) < 4.78 is 24.1. The number of guanidine groups is 1. The van der Waals surface area contributed by atoms with Gasteiger partial charge in [0.2, 0.25) is 0 Å². The lowest BCUT2D eigenvalue weighted by atomic mass is 10.1. The Morgan fingerprint density at radius 3 is 2.62 bits per heavy atom. The molecule has 2 rings (SSSR count). The van der Waals surface area contributed by atoms with Crippen molar-refractivity contribution in [2.75, 3.05) is 31.6 Å². The lowest BCUT2D eigenvalue weighted by Crippen LogP contribution is -2.38. The Kier molecular flexibility index (Phi) is 7.65. The average Bonchev–Trinajstić information content (AvgIpc) is 3.13. The average molecular weight is 378 g/mol. The first-order valence-corrected chi connectivity index (χ1v) is 10.8. The van der Waals surface area contributed by atoms with Crippen molar-refractivity contribution in [1.29, 1.82) is 0 Å². The van der Waals surface area contributed by atoms with Crippen molar-refractivity contribution in [2.24, 2.45) is 4.99 Å². The van der Waals surface area contributed by atoms with E-state index in [0.717, 1.165) is 25.2 Å². The van der Waals surface area contributed by atoms with Gasteiger partial charge in [-0.25, -0.2) is 13.1 Å². The molecule has 2 N–H and O–H groups in total. The number of hydrogen-bond donors (Lipinski definition) is 2. The van der Waals surface area contributed by atoms with Gasteiger partial charge in [-0.05, 0) is 43.5 Å². The quantitative estimate of drug-likeness (QED) is 0.392. The van der Waals surface area contributed by atoms with Crippen LogP contribution in [0.2, 0.25) is 0 Å². The van der Waals surface area contributed by atoms with Gasteiger partial charge >= 0.3 is 0 Å². The van der Waals surface area contributed by atoms with E-state index in [4.69, 9.17) is 0 Å². The lowest BCUT2D eigenvalue weighted by molar-refractivity contribution is 0.599. The van der Waals surface area contributed by atoms with Crippen molar-refractivity contribution in [3.05, 3.63) is 48.3 Å². The molecule has 0 saturated carbocycles. The van der Waals surface area contributed by atoms with Crippen LogP contribution in [-0.4, -0.2) is 55.8 Å². The summed E-state index contributed by atoms with van der Waals surface area (Å²) in [7, 11) is -2.92. The van der Waals surface area contributed by atoms with Crippen molar-refractivity contribution in [3.8, 4) is 5.69 Å². The Labute approximate surface area is 155 Å². The molecule has 0 aliphatic heterocycles. The molecule has 142 valence electrons. The number of nitrogens with one attached hydrogen (secondary N) is 2. The van der Waals surface area contributed by atoms with Crippen LogP contribution in [-0.2, 0) is 16.3 Å². The Morgan fingerprint density at radius 1 is 1.23 bits per heavy atom. The molecule has 0 aliphatic rings. The molecule has 0 aliphatic carbocycles. The second-order valence-corrected chi connectivity index (χ2v) is 8.30. The van der Waals surface area contributed by atoms with Crippen molar-refractivity contribution >= 4 is 15.8 Å². The molecule has 0 saturated heterocycles. The Balaban J connectivity index is 1.79. The predicted molar refractivity (Wildman–Crippen MR) is 106 cm³/mol. The van der Waals surface area contributed by atoms with E-state index in [1.54, 1.807) is 6.20 Å². The summed E-state index contributed by atoms with van der Waals surface area (Å²) in [5, 5.41) is 10.7. The molecule has 0 unspecified atom stereocenters. The minimum atomic E-state index is -2.92. The van der Waals surface area contributed by atoms with Crippen molar-refractivity contribution in [3.63, 3.8) is 0 Å². The second kappa shape index (κ2) is 9.96. The van der Waals surface area contributed by atoms with Crippen molar-refractivity contribution < 1.29 is 8.42 Å². The number of benzene rings is 1. The molecule has 1 heterocycles. The molecular formula is C18H27N5O2S. The van der Waals surface area contributed by atoms with Gasteiger partial charge in [-0.1, -0.05) is 12.1 Å². The summed E-state index contributed by atoms with van der Waals surface area (Å²) in [5.41, 5.74) is 2.26. The molecule has 0 atom stereocenters. The third kappa shape index (κ3) is 7.26. The maximum atomic E-state index is 11.1. The largest absolute Gasteiger partial charge is 0.357 e. The topological polar surface area (TPSA) is 88.4 Å². The van der Waals surface area contributed by atoms with Gasteiger partial charge in [0.25, 0.3) is 0 Å². The van der Waals surface area contributed by atoms with Crippen LogP contribution in [0, 0.1) is 0 Å². The maximum Gasteiger partial charge on any atom is 0.191 e. The van der Waals surface area contributed by atoms with E-state index in [9.17, 15) is 8.42 Å². The van der Waals surface area contributed by atoms with Crippen LogP contribution >= 0.6 is 0 Å². The minimum Gasteiger partial charge on any atom is -0.357 e. The molecule has 2 aromatic rings. The van der Waals surface area contributed by atoms with Gasteiger partial charge in [-0.2, -0.15) is 5.10 Å². The first kappa shape index (κ1) is 20.0. The molecule has 0 bridgehead atoms. The normalized spacial score (nSPS) is 12.2. The van der Waals surface area contributed by atoms with Crippen LogP contribution in [0.5, 0.6) is 0 Å². The SMILES string of the molecule is CCNC(=NCCCS(C)(=O)=O)NCCc1ccc(-n2cccn2)cc1. The number of hydrogen-bond acceptors (Lipinski definition) is 4. The van der Waals surface area contributed by atoms with E-state index in [2.05, 4.69) is 32.9 Å². The van der Waals surface area contributed by atoms with Crippen LogP contribution in [0.25, 0.3) is 5.69 Å². The van der Waals surface area contributed by atoms with E-state index >= 15 is 0 Å². The fourth-order valence-corrected chi connectivity index (χ4v) is 3.07. The number of aliphatic imine (C=N–C) groups is 1. The fraction of sp³-hybridized carbons (Fsp3) is 0.444. The number of nitrogens with zero attached hydrogens (tertiary/aromatic N) is 3. The van der Waals surface area contributed by atoms with Gasteiger partial charge in [0.05, 0.1) is 11.4 Å². The van der Waals surface area contributed by atoms with E-state index in [1.807, 2.05) is 36.0 Å². The molecule has 26 heavy (non-hydrogen) atoms. The first-order chi connectivity index (χ1) is 12.5. The smallest absolute Gasteiger partial charge is 0.191 e. The Bertz CT molecular complexity index is 783. The second-order valence-electron chi connectivity index (χ2n) is 6.04. The number of sulfone groups is 1. The van der Waals surface area contributed by atoms with Crippen LogP contribution in [0.4, 0.5) is 0 Å². The van der Waals surface area contributed by atoms with E-state index in [-0.39, 0.29) is 5.75 Å². The molecule has 1 aromatic heterocycles. The summed E-state index contributed by atoms with van der Waals surface area (Å²) in [6, 6.07) is 10.2. The third-order valence-electron chi connectivity index (χ3n) is 3.70. The Hall–Kier alpha value is -2.35. The minimum absolute atomic E-state index is 0.165. The highest BCUT2D eigenvalue weighted by Crippen LogP contribution is 2.08. The van der Waals surface area contributed by atoms with Crippen LogP contribution in [0.1, 0.15) is 18.9 Å². The van der Waals surface area contributed by atoms with Gasteiger partial charge in [0, 0.05) is 38.3 Å². The third-order valence-corrected chi connectivity index (χ3v) is 4.73. The zero-order chi connectivity index (χ0) is 18.8. The summed E-state index contributed by atoms with van der Waals surface area (Å²) in [5.74, 6) is 0.882. The van der Waals surface area contributed by atoms with Crippen molar-refractivity contribution in [1.82, 2.24) is 20.4 Å². The van der Waals surface area contributed by atoms with E-state index in [1.165, 1.54) is 11.8 Å². The molecule has 0 amide bonds. The molecule has 0 radical (unpaired) electrons. The highest BCUT2D eigenvalue weighted by Gasteiger charge is 2.02. The predicted octanol–water partition coefficient (Wildman–Crippen LogP) is 1.40. The van der Waals surface area contributed by atoms with Crippen LogP contribution < -0.4 is 10.6 Å². The van der Waals surface area contributed by atoms with E-state index in [0.29, 0.717) is 18.9 Å². The molecular weight excluding hydrogens is 350 g/mol. The van der Waals surface area contributed by atoms with Gasteiger partial charge < -0.3 is 10.6 Å². The lowest BCUT2D eigenvalue weighted by Gasteiger charge is -2.11. The molecule has 8 heteroatoms. The molecule has 1 aromatic carbocycles. The van der Waals surface area contributed by atoms with Gasteiger partial charge in [-0.15, -0.1) is 0 Å². The maximum absolute atomic E-state index is 11.1. The van der Waals surface area contributed by atoms with Gasteiger partial charge in [0.15, 0.2) is 5.96 Å². The summed E-state index contributed by atoms with van der Waals surface area (Å²) >= 11 is 0. The van der Waals surface area contributed by atoms with Crippen LogP contribution in [0.3, 0.4) is 0 Å².